The second-order valence-corrected chi connectivity index (χ2v) is 12.4. The monoisotopic (exact) mass is 579 g/mol. The van der Waals surface area contributed by atoms with Gasteiger partial charge in [-0.3, -0.25) is 13.9 Å². The van der Waals surface area contributed by atoms with Gasteiger partial charge in [-0.2, -0.15) is 0 Å². The van der Waals surface area contributed by atoms with Crippen LogP contribution in [0, 0.1) is 20.8 Å². The molecule has 41 heavy (non-hydrogen) atoms. The molecular weight excluding hydrogens is 538 g/mol. The van der Waals surface area contributed by atoms with Gasteiger partial charge in [0.15, 0.2) is 0 Å². The Morgan fingerprint density at radius 2 is 1.44 bits per heavy atom. The van der Waals surface area contributed by atoms with Crippen molar-refractivity contribution in [3.05, 3.63) is 89.0 Å². The number of rotatable bonds is 12. The lowest BCUT2D eigenvalue weighted by atomic mass is 10.1. The number of anilines is 1. The first-order valence-corrected chi connectivity index (χ1v) is 15.2. The van der Waals surface area contributed by atoms with Crippen LogP contribution in [0.2, 0.25) is 0 Å². The van der Waals surface area contributed by atoms with Crippen LogP contribution in [0.25, 0.3) is 0 Å². The number of benzene rings is 3. The maximum Gasteiger partial charge on any atom is 0.264 e. The summed E-state index contributed by atoms with van der Waals surface area (Å²) in [6.45, 7) is 10.8. The highest BCUT2D eigenvalue weighted by atomic mass is 32.2. The number of carbonyl (C=O) groups excluding carboxylic acids is 2. The molecule has 8 nitrogen and oxygen atoms in total. The number of methoxy groups -OCH3 is 1. The van der Waals surface area contributed by atoms with Gasteiger partial charge in [-0.25, -0.2) is 8.42 Å². The van der Waals surface area contributed by atoms with Gasteiger partial charge < -0.3 is 15.0 Å². The minimum atomic E-state index is -4.19. The lowest BCUT2D eigenvalue weighted by molar-refractivity contribution is -0.139. The maximum absolute atomic E-state index is 14.1. The molecular formula is C32H41N3O5S. The molecule has 2 atom stereocenters. The van der Waals surface area contributed by atoms with Crippen molar-refractivity contribution in [2.45, 2.75) is 71.5 Å². The number of nitrogens with zero attached hydrogens (tertiary/aromatic N) is 2. The van der Waals surface area contributed by atoms with Crippen molar-refractivity contribution in [3.63, 3.8) is 0 Å². The van der Waals surface area contributed by atoms with E-state index in [0.29, 0.717) is 5.75 Å². The lowest BCUT2D eigenvalue weighted by Gasteiger charge is -2.33. The van der Waals surface area contributed by atoms with E-state index in [4.69, 9.17) is 4.74 Å². The number of sulfonamides is 1. The summed E-state index contributed by atoms with van der Waals surface area (Å²) in [6.07, 6.45) is 0.736. The Kier molecular flexibility index (Phi) is 10.6. The molecule has 0 fully saturated rings. The molecule has 0 bridgehead atoms. The zero-order valence-corrected chi connectivity index (χ0v) is 25.8. The van der Waals surface area contributed by atoms with Crippen LogP contribution >= 0.6 is 0 Å². The topological polar surface area (TPSA) is 96.0 Å². The molecule has 3 aromatic carbocycles. The molecule has 3 rings (SSSR count). The summed E-state index contributed by atoms with van der Waals surface area (Å²) in [7, 11) is -2.73. The summed E-state index contributed by atoms with van der Waals surface area (Å²) in [5.41, 5.74) is 3.85. The van der Waals surface area contributed by atoms with Gasteiger partial charge in [0.2, 0.25) is 11.8 Å². The van der Waals surface area contributed by atoms with E-state index < -0.39 is 28.5 Å². The van der Waals surface area contributed by atoms with Gasteiger partial charge in [0.05, 0.1) is 17.7 Å². The van der Waals surface area contributed by atoms with Crippen molar-refractivity contribution < 1.29 is 22.7 Å². The average molecular weight is 580 g/mol. The van der Waals surface area contributed by atoms with Crippen molar-refractivity contribution in [1.82, 2.24) is 10.2 Å². The smallest absolute Gasteiger partial charge is 0.264 e. The van der Waals surface area contributed by atoms with Crippen LogP contribution in [0.5, 0.6) is 5.75 Å². The zero-order chi connectivity index (χ0) is 30.3. The van der Waals surface area contributed by atoms with Crippen molar-refractivity contribution in [1.29, 1.82) is 0 Å². The van der Waals surface area contributed by atoms with Gasteiger partial charge in [-0.1, -0.05) is 60.5 Å². The Hall–Kier alpha value is -3.85. The second-order valence-electron chi connectivity index (χ2n) is 10.5. The molecule has 0 aliphatic rings. The lowest BCUT2D eigenvalue weighted by Crippen LogP contribution is -2.52. The Morgan fingerprint density at radius 1 is 0.878 bits per heavy atom. The first-order valence-electron chi connectivity index (χ1n) is 13.8. The van der Waals surface area contributed by atoms with Crippen molar-refractivity contribution in [2.24, 2.45) is 0 Å². The quantitative estimate of drug-likeness (QED) is 0.320. The minimum absolute atomic E-state index is 0.0482. The van der Waals surface area contributed by atoms with Gasteiger partial charge in [0.25, 0.3) is 10.0 Å². The van der Waals surface area contributed by atoms with Crippen molar-refractivity contribution >= 4 is 27.5 Å². The molecule has 1 N–H and O–H groups in total. The van der Waals surface area contributed by atoms with Crippen LogP contribution in [-0.2, 0) is 26.2 Å². The Balaban J connectivity index is 2.09. The standard InChI is InChI=1S/C32H41N3O5S/c1-8-25(5)33-32(37)26(6)34(20-27-14-9-22(2)10-15-27)31(36)21-35(29-19-24(4)13-18-30(29)40-7)41(38,39)28-16-11-23(3)12-17-28/h9-19,25-26H,8,20-21H2,1-7H3,(H,33,37)/t25-,26-/m0/s1. The predicted molar refractivity (Wildman–Crippen MR) is 163 cm³/mol. The molecule has 0 unspecified atom stereocenters. The summed E-state index contributed by atoms with van der Waals surface area (Å²) in [5, 5.41) is 2.95. The number of carbonyl (C=O) groups is 2. The molecule has 2 amide bonds. The van der Waals surface area contributed by atoms with Crippen molar-refractivity contribution in [2.75, 3.05) is 18.0 Å². The number of hydrogen-bond donors (Lipinski definition) is 1. The van der Waals surface area contributed by atoms with E-state index >= 15 is 0 Å². The van der Waals surface area contributed by atoms with Crippen LogP contribution in [0.4, 0.5) is 5.69 Å². The Morgan fingerprint density at radius 3 is 2.00 bits per heavy atom. The van der Waals surface area contributed by atoms with E-state index in [1.807, 2.05) is 65.0 Å². The third-order valence-electron chi connectivity index (χ3n) is 7.13. The van der Waals surface area contributed by atoms with Crippen molar-refractivity contribution in [3.8, 4) is 5.75 Å². The molecule has 9 heteroatoms. The molecule has 220 valence electrons. The molecule has 0 aliphatic heterocycles. The summed E-state index contributed by atoms with van der Waals surface area (Å²) in [6, 6.07) is 18.4. The third-order valence-corrected chi connectivity index (χ3v) is 8.91. The number of aryl methyl sites for hydroxylation is 3. The first-order chi connectivity index (χ1) is 19.4. The maximum atomic E-state index is 14.1. The van der Waals surface area contributed by atoms with E-state index in [9.17, 15) is 18.0 Å². The van der Waals surface area contributed by atoms with Gasteiger partial charge in [-0.05, 0) is 76.4 Å². The highest BCUT2D eigenvalue weighted by molar-refractivity contribution is 7.92. The largest absolute Gasteiger partial charge is 0.495 e. The zero-order valence-electron chi connectivity index (χ0n) is 25.0. The fraction of sp³-hybridized carbons (Fsp3) is 0.375. The SMILES string of the molecule is CC[C@H](C)NC(=O)[C@H](C)N(Cc1ccc(C)cc1)C(=O)CN(c1cc(C)ccc1OC)S(=O)(=O)c1ccc(C)cc1. The van der Waals surface area contributed by atoms with Crippen LogP contribution in [0.1, 0.15) is 49.4 Å². The number of nitrogens with one attached hydrogen (secondary N) is 1. The fourth-order valence-electron chi connectivity index (χ4n) is 4.28. The van der Waals surface area contributed by atoms with Gasteiger partial charge in [0, 0.05) is 12.6 Å². The number of ether oxygens (including phenoxy) is 1. The summed E-state index contributed by atoms with van der Waals surface area (Å²) < 4.78 is 34.8. The fourth-order valence-corrected chi connectivity index (χ4v) is 5.70. The average Bonchev–Trinajstić information content (AvgIpc) is 2.95. The molecule has 0 spiro atoms. The number of amides is 2. The summed E-state index contributed by atoms with van der Waals surface area (Å²) >= 11 is 0. The predicted octanol–water partition coefficient (Wildman–Crippen LogP) is 5.15. The molecule has 0 aromatic heterocycles. The van der Waals surface area contributed by atoms with Crippen LogP contribution in [-0.4, -0.2) is 50.9 Å². The number of hydrogen-bond acceptors (Lipinski definition) is 5. The van der Waals surface area contributed by atoms with Gasteiger partial charge in [0.1, 0.15) is 18.3 Å². The molecule has 0 radical (unpaired) electrons. The van der Waals surface area contributed by atoms with E-state index in [-0.39, 0.29) is 29.1 Å². The van der Waals surface area contributed by atoms with Gasteiger partial charge >= 0.3 is 0 Å². The Labute approximate surface area is 244 Å². The summed E-state index contributed by atoms with van der Waals surface area (Å²) in [5.74, 6) is -0.510. The van der Waals surface area contributed by atoms with E-state index in [0.717, 1.165) is 33.0 Å². The highest BCUT2D eigenvalue weighted by Gasteiger charge is 2.34. The molecule has 0 saturated carbocycles. The van der Waals surface area contributed by atoms with E-state index in [1.54, 1.807) is 31.2 Å². The van der Waals surface area contributed by atoms with Crippen LogP contribution in [0.3, 0.4) is 0 Å². The van der Waals surface area contributed by atoms with Crippen LogP contribution in [0.15, 0.2) is 71.6 Å². The third kappa shape index (κ3) is 7.88. The first kappa shape index (κ1) is 31.7. The van der Waals surface area contributed by atoms with E-state index in [1.165, 1.54) is 24.1 Å². The normalized spacial score (nSPS) is 12.8. The molecule has 0 saturated heterocycles. The second kappa shape index (κ2) is 13.7. The minimum Gasteiger partial charge on any atom is -0.495 e. The Bertz CT molecular complexity index is 1450. The molecule has 0 heterocycles. The van der Waals surface area contributed by atoms with E-state index in [2.05, 4.69) is 5.32 Å². The summed E-state index contributed by atoms with van der Waals surface area (Å²) in [4.78, 5) is 28.8. The molecule has 0 aliphatic carbocycles. The molecule has 3 aromatic rings. The van der Waals surface area contributed by atoms with Crippen LogP contribution < -0.4 is 14.4 Å². The van der Waals surface area contributed by atoms with Gasteiger partial charge in [-0.15, -0.1) is 0 Å². The highest BCUT2D eigenvalue weighted by Crippen LogP contribution is 2.34.